The number of nitro benzene ring substituents is 1. The number of carboxylic acid groups (broad SMARTS) is 1. The fraction of sp³-hybridized carbons (Fsp3) is 0.0714. The molecule has 5 nitrogen and oxygen atoms in total. The number of thioether (sulfide) groups is 1. The monoisotopic (exact) mass is 307 g/mol. The predicted octanol–water partition coefficient (Wildman–Crippen LogP) is 3.72. The normalized spacial score (nSPS) is 10.3. The average molecular weight is 307 g/mol. The van der Waals surface area contributed by atoms with Crippen LogP contribution in [-0.4, -0.2) is 16.0 Å². The number of halogens is 1. The van der Waals surface area contributed by atoms with Crippen LogP contribution in [0.5, 0.6) is 0 Å². The van der Waals surface area contributed by atoms with Crippen LogP contribution < -0.4 is 0 Å². The fourth-order valence-electron chi connectivity index (χ4n) is 1.70. The molecule has 0 fully saturated rings. The van der Waals surface area contributed by atoms with Gasteiger partial charge in [-0.2, -0.15) is 0 Å². The van der Waals surface area contributed by atoms with Crippen molar-refractivity contribution in [2.24, 2.45) is 0 Å². The fourth-order valence-corrected chi connectivity index (χ4v) is 2.68. The third-order valence-electron chi connectivity index (χ3n) is 2.71. The minimum absolute atomic E-state index is 0.103. The first-order valence-electron chi connectivity index (χ1n) is 5.87. The summed E-state index contributed by atoms with van der Waals surface area (Å²) in [6, 6.07) is 10.9. The summed E-state index contributed by atoms with van der Waals surface area (Å²) >= 11 is 1.09. The van der Waals surface area contributed by atoms with Crippen LogP contribution in [0.4, 0.5) is 10.1 Å². The molecular formula is C14H10FNO4S. The maximum absolute atomic E-state index is 13.7. The van der Waals surface area contributed by atoms with Crippen molar-refractivity contribution in [2.45, 2.75) is 10.6 Å². The predicted molar refractivity (Wildman–Crippen MR) is 76.0 cm³/mol. The SMILES string of the molecule is O=C(O)c1cc([N+](=O)[O-])c(SCc2ccccc2)cc1F. The lowest BCUT2D eigenvalue weighted by atomic mass is 10.2. The number of nitro groups is 1. The molecule has 0 radical (unpaired) electrons. The highest BCUT2D eigenvalue weighted by atomic mass is 32.2. The Labute approximate surface area is 123 Å². The maximum atomic E-state index is 13.7. The molecule has 2 aromatic rings. The van der Waals surface area contributed by atoms with Crippen LogP contribution in [0, 0.1) is 15.9 Å². The van der Waals surface area contributed by atoms with Crippen molar-refractivity contribution < 1.29 is 19.2 Å². The molecule has 0 spiro atoms. The number of hydrogen-bond acceptors (Lipinski definition) is 4. The molecule has 2 aromatic carbocycles. The lowest BCUT2D eigenvalue weighted by Crippen LogP contribution is -2.03. The van der Waals surface area contributed by atoms with E-state index in [2.05, 4.69) is 0 Å². The van der Waals surface area contributed by atoms with Gasteiger partial charge < -0.3 is 5.11 Å². The van der Waals surface area contributed by atoms with Crippen molar-refractivity contribution in [3.63, 3.8) is 0 Å². The van der Waals surface area contributed by atoms with E-state index in [0.717, 1.165) is 29.5 Å². The quantitative estimate of drug-likeness (QED) is 0.517. The highest BCUT2D eigenvalue weighted by molar-refractivity contribution is 7.98. The second-order valence-electron chi connectivity index (χ2n) is 4.14. The summed E-state index contributed by atoms with van der Waals surface area (Å²) in [5.74, 6) is -2.09. The van der Waals surface area contributed by atoms with E-state index in [4.69, 9.17) is 5.11 Å². The van der Waals surface area contributed by atoms with E-state index in [9.17, 15) is 19.3 Å². The van der Waals surface area contributed by atoms with Gasteiger partial charge in [0, 0.05) is 11.8 Å². The van der Waals surface area contributed by atoms with Crippen molar-refractivity contribution in [3.8, 4) is 0 Å². The first-order chi connectivity index (χ1) is 9.99. The van der Waals surface area contributed by atoms with Gasteiger partial charge in [0.05, 0.1) is 9.82 Å². The minimum atomic E-state index is -1.53. The van der Waals surface area contributed by atoms with Crippen LogP contribution >= 0.6 is 11.8 Å². The van der Waals surface area contributed by atoms with Crippen LogP contribution in [0.1, 0.15) is 15.9 Å². The Morgan fingerprint density at radius 2 is 1.95 bits per heavy atom. The summed E-state index contributed by atoms with van der Waals surface area (Å²) in [6.45, 7) is 0. The van der Waals surface area contributed by atoms with E-state index in [0.29, 0.717) is 5.75 Å². The topological polar surface area (TPSA) is 80.4 Å². The Morgan fingerprint density at radius 3 is 2.52 bits per heavy atom. The Kier molecular flexibility index (Phi) is 4.54. The molecular weight excluding hydrogens is 297 g/mol. The largest absolute Gasteiger partial charge is 0.478 e. The van der Waals surface area contributed by atoms with E-state index >= 15 is 0 Å². The smallest absolute Gasteiger partial charge is 0.338 e. The van der Waals surface area contributed by atoms with Crippen molar-refractivity contribution in [1.82, 2.24) is 0 Å². The molecule has 0 heterocycles. The summed E-state index contributed by atoms with van der Waals surface area (Å²) in [6.07, 6.45) is 0. The summed E-state index contributed by atoms with van der Waals surface area (Å²) in [5.41, 5.74) is -0.181. The standard InChI is InChI=1S/C14H10FNO4S/c15-11-7-13(21-8-9-4-2-1-3-5-9)12(16(19)20)6-10(11)14(17)18/h1-7H,8H2,(H,17,18). The Bertz CT molecular complexity index is 691. The number of nitrogens with zero attached hydrogens (tertiary/aromatic N) is 1. The lowest BCUT2D eigenvalue weighted by Gasteiger charge is -2.05. The van der Waals surface area contributed by atoms with E-state index < -0.39 is 28.0 Å². The van der Waals surface area contributed by atoms with Gasteiger partial charge >= 0.3 is 5.97 Å². The van der Waals surface area contributed by atoms with Crippen LogP contribution in [0.25, 0.3) is 0 Å². The van der Waals surface area contributed by atoms with Crippen LogP contribution in [0.2, 0.25) is 0 Å². The minimum Gasteiger partial charge on any atom is -0.478 e. The third kappa shape index (κ3) is 3.57. The summed E-state index contributed by atoms with van der Waals surface area (Å²) in [5, 5.41) is 19.8. The Balaban J connectivity index is 2.32. The molecule has 7 heteroatoms. The number of benzene rings is 2. The molecule has 0 unspecified atom stereocenters. The summed E-state index contributed by atoms with van der Waals surface area (Å²) in [4.78, 5) is 21.2. The van der Waals surface area contributed by atoms with Gasteiger partial charge in [0.2, 0.25) is 0 Å². The molecule has 0 saturated heterocycles. The highest BCUT2D eigenvalue weighted by Crippen LogP contribution is 2.33. The first kappa shape index (κ1) is 15.0. The molecule has 2 rings (SSSR count). The molecule has 0 amide bonds. The number of hydrogen-bond donors (Lipinski definition) is 1. The van der Waals surface area contributed by atoms with Crippen LogP contribution in [0.15, 0.2) is 47.4 Å². The van der Waals surface area contributed by atoms with Gasteiger partial charge in [0.25, 0.3) is 5.69 Å². The van der Waals surface area contributed by atoms with Gasteiger partial charge in [0.1, 0.15) is 11.4 Å². The van der Waals surface area contributed by atoms with Gasteiger partial charge in [-0.25, -0.2) is 9.18 Å². The van der Waals surface area contributed by atoms with E-state index in [1.807, 2.05) is 30.3 Å². The molecule has 0 aliphatic rings. The maximum Gasteiger partial charge on any atom is 0.338 e. The molecule has 0 aromatic heterocycles. The van der Waals surface area contributed by atoms with Crippen molar-refractivity contribution in [3.05, 3.63) is 69.5 Å². The van der Waals surface area contributed by atoms with Gasteiger partial charge in [-0.3, -0.25) is 10.1 Å². The number of carboxylic acids is 1. The van der Waals surface area contributed by atoms with Crippen molar-refractivity contribution in [2.75, 3.05) is 0 Å². The zero-order chi connectivity index (χ0) is 15.4. The van der Waals surface area contributed by atoms with Gasteiger partial charge in [-0.05, 0) is 11.6 Å². The summed E-state index contributed by atoms with van der Waals surface area (Å²) < 4.78 is 13.7. The second kappa shape index (κ2) is 6.36. The lowest BCUT2D eigenvalue weighted by molar-refractivity contribution is -0.387. The van der Waals surface area contributed by atoms with E-state index in [-0.39, 0.29) is 4.90 Å². The Hall–Kier alpha value is -2.41. The highest BCUT2D eigenvalue weighted by Gasteiger charge is 2.22. The van der Waals surface area contributed by atoms with E-state index in [1.54, 1.807) is 0 Å². The zero-order valence-corrected chi connectivity index (χ0v) is 11.5. The van der Waals surface area contributed by atoms with Gasteiger partial charge in [0.15, 0.2) is 0 Å². The zero-order valence-electron chi connectivity index (χ0n) is 10.7. The van der Waals surface area contributed by atoms with Gasteiger partial charge in [-0.15, -0.1) is 11.8 Å². The third-order valence-corrected chi connectivity index (χ3v) is 3.83. The summed E-state index contributed by atoms with van der Waals surface area (Å²) in [7, 11) is 0. The van der Waals surface area contributed by atoms with E-state index in [1.165, 1.54) is 0 Å². The molecule has 0 aliphatic carbocycles. The molecule has 21 heavy (non-hydrogen) atoms. The second-order valence-corrected chi connectivity index (χ2v) is 5.15. The number of carbonyl (C=O) groups is 1. The number of aromatic carboxylic acids is 1. The molecule has 0 atom stereocenters. The first-order valence-corrected chi connectivity index (χ1v) is 6.85. The van der Waals surface area contributed by atoms with Crippen molar-refractivity contribution >= 4 is 23.4 Å². The van der Waals surface area contributed by atoms with Crippen LogP contribution in [0.3, 0.4) is 0 Å². The van der Waals surface area contributed by atoms with Gasteiger partial charge in [-0.1, -0.05) is 30.3 Å². The average Bonchev–Trinajstić information content (AvgIpc) is 2.45. The Morgan fingerprint density at radius 1 is 1.29 bits per heavy atom. The van der Waals surface area contributed by atoms with Crippen LogP contribution in [-0.2, 0) is 5.75 Å². The molecule has 0 saturated carbocycles. The molecule has 1 N–H and O–H groups in total. The molecule has 0 bridgehead atoms. The number of rotatable bonds is 5. The molecule has 108 valence electrons. The molecule has 0 aliphatic heterocycles. The van der Waals surface area contributed by atoms with Crippen molar-refractivity contribution in [1.29, 1.82) is 0 Å².